The number of carbonyl (C=O) groups excluding carboxylic acids is 1. The van der Waals surface area contributed by atoms with Crippen LogP contribution in [-0.4, -0.2) is 44.2 Å². The van der Waals surface area contributed by atoms with E-state index in [-0.39, 0.29) is 6.03 Å². The van der Waals surface area contributed by atoms with Gasteiger partial charge in [0.15, 0.2) is 0 Å². The van der Waals surface area contributed by atoms with E-state index in [1.165, 1.54) is 24.9 Å². The first-order chi connectivity index (χ1) is 10.2. The van der Waals surface area contributed by atoms with E-state index in [1.807, 2.05) is 37.2 Å². The maximum atomic E-state index is 12.2. The lowest BCUT2D eigenvalue weighted by Gasteiger charge is -2.31. The fourth-order valence-electron chi connectivity index (χ4n) is 2.90. The number of carbonyl (C=O) groups is 1. The number of nitrogens with zero attached hydrogens (tertiary/aromatic N) is 2. The minimum atomic E-state index is 0.0587. The fourth-order valence-corrected chi connectivity index (χ4v) is 2.90. The second kappa shape index (κ2) is 7.91. The Morgan fingerprint density at radius 1 is 1.14 bits per heavy atom. The van der Waals surface area contributed by atoms with Gasteiger partial charge in [0, 0.05) is 38.9 Å². The molecule has 0 unspecified atom stereocenters. The molecule has 0 atom stereocenters. The van der Waals surface area contributed by atoms with E-state index in [1.54, 1.807) is 0 Å². The zero-order chi connectivity index (χ0) is 15.1. The van der Waals surface area contributed by atoms with Crippen LogP contribution in [-0.2, 0) is 0 Å². The number of nitrogens with one attached hydrogen (secondary N) is 1. The third kappa shape index (κ3) is 4.66. The Morgan fingerprint density at radius 3 is 2.48 bits per heavy atom. The average molecular weight is 289 g/mol. The molecule has 0 spiro atoms. The number of likely N-dealkylation sites (N-methyl/N-ethyl adjacent to an activating group) is 1. The number of benzene rings is 1. The van der Waals surface area contributed by atoms with E-state index < -0.39 is 0 Å². The first kappa shape index (κ1) is 15.7. The number of urea groups is 1. The van der Waals surface area contributed by atoms with Gasteiger partial charge in [0.1, 0.15) is 0 Å². The smallest absolute Gasteiger partial charge is 0.317 e. The molecule has 1 N–H and O–H groups in total. The SMILES string of the molecule is CN(CCNC(=O)N(C)C1CCCCC1)c1ccccc1. The van der Waals surface area contributed by atoms with Gasteiger partial charge in [-0.3, -0.25) is 0 Å². The van der Waals surface area contributed by atoms with Gasteiger partial charge in [0.25, 0.3) is 0 Å². The first-order valence-electron chi connectivity index (χ1n) is 7.95. The van der Waals surface area contributed by atoms with E-state index in [0.29, 0.717) is 12.6 Å². The van der Waals surface area contributed by atoms with Crippen molar-refractivity contribution in [3.8, 4) is 0 Å². The van der Waals surface area contributed by atoms with Crippen LogP contribution in [0.4, 0.5) is 10.5 Å². The predicted molar refractivity (Wildman–Crippen MR) is 87.7 cm³/mol. The van der Waals surface area contributed by atoms with Gasteiger partial charge in [-0.25, -0.2) is 4.79 Å². The molecule has 116 valence electrons. The highest BCUT2D eigenvalue weighted by Gasteiger charge is 2.21. The second-order valence-electron chi connectivity index (χ2n) is 5.89. The quantitative estimate of drug-likeness (QED) is 0.904. The molecular weight excluding hydrogens is 262 g/mol. The molecule has 4 nitrogen and oxygen atoms in total. The average Bonchev–Trinajstić information content (AvgIpc) is 2.55. The molecule has 4 heteroatoms. The summed E-state index contributed by atoms with van der Waals surface area (Å²) in [6, 6.07) is 10.7. The van der Waals surface area contributed by atoms with Crippen molar-refractivity contribution in [3.63, 3.8) is 0 Å². The lowest BCUT2D eigenvalue weighted by Crippen LogP contribution is -2.46. The van der Waals surface area contributed by atoms with Gasteiger partial charge in [-0.2, -0.15) is 0 Å². The Morgan fingerprint density at radius 2 is 1.81 bits per heavy atom. The van der Waals surface area contributed by atoms with E-state index in [0.717, 1.165) is 19.4 Å². The third-order valence-corrected chi connectivity index (χ3v) is 4.36. The number of rotatable bonds is 5. The van der Waals surface area contributed by atoms with Crippen LogP contribution in [0.25, 0.3) is 0 Å². The summed E-state index contributed by atoms with van der Waals surface area (Å²) in [5.41, 5.74) is 1.17. The second-order valence-corrected chi connectivity index (χ2v) is 5.89. The molecule has 0 aromatic heterocycles. The topological polar surface area (TPSA) is 35.6 Å². The molecule has 21 heavy (non-hydrogen) atoms. The molecule has 1 aliphatic rings. The van der Waals surface area contributed by atoms with Gasteiger partial charge >= 0.3 is 6.03 Å². The van der Waals surface area contributed by atoms with Crippen LogP contribution < -0.4 is 10.2 Å². The predicted octanol–water partition coefficient (Wildman–Crippen LogP) is 3.10. The van der Waals surface area contributed by atoms with Crippen molar-refractivity contribution in [1.82, 2.24) is 10.2 Å². The summed E-state index contributed by atoms with van der Waals surface area (Å²) in [6.45, 7) is 1.48. The van der Waals surface area contributed by atoms with Gasteiger partial charge < -0.3 is 15.1 Å². The largest absolute Gasteiger partial charge is 0.373 e. The number of amides is 2. The summed E-state index contributed by atoms with van der Waals surface area (Å²) in [5, 5.41) is 3.03. The Bertz CT molecular complexity index is 429. The van der Waals surface area contributed by atoms with Crippen molar-refractivity contribution >= 4 is 11.7 Å². The van der Waals surface area contributed by atoms with Gasteiger partial charge in [-0.1, -0.05) is 37.5 Å². The highest BCUT2D eigenvalue weighted by molar-refractivity contribution is 5.74. The maximum Gasteiger partial charge on any atom is 0.317 e. The standard InChI is InChI=1S/C17H27N3O/c1-19(15-9-5-3-6-10-15)14-13-18-17(21)20(2)16-11-7-4-8-12-16/h3,5-6,9-10,16H,4,7-8,11-14H2,1-2H3,(H,18,21). The summed E-state index contributed by atoms with van der Waals surface area (Å²) in [5.74, 6) is 0. The van der Waals surface area contributed by atoms with Crippen LogP contribution in [0.3, 0.4) is 0 Å². The molecule has 1 saturated carbocycles. The zero-order valence-corrected chi connectivity index (χ0v) is 13.2. The number of para-hydroxylation sites is 1. The Balaban J connectivity index is 1.71. The molecule has 0 bridgehead atoms. The van der Waals surface area contributed by atoms with E-state index >= 15 is 0 Å². The molecule has 1 aromatic rings. The molecule has 0 heterocycles. The minimum absolute atomic E-state index is 0.0587. The van der Waals surface area contributed by atoms with Gasteiger partial charge in [0.05, 0.1) is 0 Å². The lowest BCUT2D eigenvalue weighted by atomic mass is 9.95. The van der Waals surface area contributed by atoms with Crippen LogP contribution in [0, 0.1) is 0 Å². The van der Waals surface area contributed by atoms with E-state index in [2.05, 4.69) is 22.3 Å². The molecule has 0 radical (unpaired) electrons. The molecule has 1 aliphatic carbocycles. The van der Waals surface area contributed by atoms with Crippen LogP contribution in [0.15, 0.2) is 30.3 Å². The number of anilines is 1. The molecule has 2 rings (SSSR count). The summed E-state index contributed by atoms with van der Waals surface area (Å²) in [4.78, 5) is 16.2. The van der Waals surface area contributed by atoms with Crippen molar-refractivity contribution in [2.45, 2.75) is 38.1 Å². The molecule has 2 amide bonds. The van der Waals surface area contributed by atoms with Gasteiger partial charge in [-0.05, 0) is 25.0 Å². The van der Waals surface area contributed by atoms with Crippen molar-refractivity contribution in [2.24, 2.45) is 0 Å². The molecule has 0 aliphatic heterocycles. The molecule has 0 saturated heterocycles. The van der Waals surface area contributed by atoms with Crippen LogP contribution in [0.1, 0.15) is 32.1 Å². The Labute approximate surface area is 128 Å². The normalized spacial score (nSPS) is 15.5. The Hall–Kier alpha value is -1.71. The van der Waals surface area contributed by atoms with Crippen LogP contribution in [0.2, 0.25) is 0 Å². The first-order valence-corrected chi connectivity index (χ1v) is 7.95. The van der Waals surface area contributed by atoms with E-state index in [4.69, 9.17) is 0 Å². The monoisotopic (exact) mass is 289 g/mol. The number of hydrogen-bond donors (Lipinski definition) is 1. The van der Waals surface area contributed by atoms with Crippen molar-refractivity contribution < 1.29 is 4.79 Å². The summed E-state index contributed by atoms with van der Waals surface area (Å²) >= 11 is 0. The van der Waals surface area contributed by atoms with E-state index in [9.17, 15) is 4.79 Å². The number of hydrogen-bond acceptors (Lipinski definition) is 2. The highest BCUT2D eigenvalue weighted by Crippen LogP contribution is 2.21. The molecule has 1 fully saturated rings. The summed E-state index contributed by atoms with van der Waals surface area (Å²) in [6.07, 6.45) is 6.10. The molecule has 1 aromatic carbocycles. The van der Waals surface area contributed by atoms with Crippen LogP contribution in [0.5, 0.6) is 0 Å². The molecular formula is C17H27N3O. The zero-order valence-electron chi connectivity index (χ0n) is 13.2. The van der Waals surface area contributed by atoms with Gasteiger partial charge in [-0.15, -0.1) is 0 Å². The third-order valence-electron chi connectivity index (χ3n) is 4.36. The van der Waals surface area contributed by atoms with Crippen molar-refractivity contribution in [3.05, 3.63) is 30.3 Å². The summed E-state index contributed by atoms with van der Waals surface area (Å²) < 4.78 is 0. The highest BCUT2D eigenvalue weighted by atomic mass is 16.2. The fraction of sp³-hybridized carbons (Fsp3) is 0.588. The minimum Gasteiger partial charge on any atom is -0.373 e. The Kier molecular flexibility index (Phi) is 5.90. The summed E-state index contributed by atoms with van der Waals surface area (Å²) in [7, 11) is 3.97. The van der Waals surface area contributed by atoms with Crippen molar-refractivity contribution in [2.75, 3.05) is 32.1 Å². The van der Waals surface area contributed by atoms with Crippen LogP contribution >= 0.6 is 0 Å². The maximum absolute atomic E-state index is 12.2. The lowest BCUT2D eigenvalue weighted by molar-refractivity contribution is 0.174. The van der Waals surface area contributed by atoms with Crippen molar-refractivity contribution in [1.29, 1.82) is 0 Å². The van der Waals surface area contributed by atoms with Gasteiger partial charge in [0.2, 0.25) is 0 Å².